The van der Waals surface area contributed by atoms with Gasteiger partial charge in [-0.25, -0.2) is 9.79 Å². The minimum absolute atomic E-state index is 0.0470. The second-order valence-corrected chi connectivity index (χ2v) is 6.49. The first-order chi connectivity index (χ1) is 11.6. The molecule has 1 atom stereocenters. The van der Waals surface area contributed by atoms with Crippen LogP contribution in [-0.4, -0.2) is 41.9 Å². The lowest BCUT2D eigenvalue weighted by atomic mass is 9.94. The zero-order chi connectivity index (χ0) is 17.3. The van der Waals surface area contributed by atoms with Crippen LogP contribution in [0, 0.1) is 0 Å². The smallest absolute Gasteiger partial charge is 0.338 e. The van der Waals surface area contributed by atoms with Crippen molar-refractivity contribution in [3.63, 3.8) is 0 Å². The monoisotopic (exact) mass is 346 g/mol. The Kier molecular flexibility index (Phi) is 4.62. The maximum Gasteiger partial charge on any atom is 0.338 e. The Morgan fingerprint density at radius 3 is 2.88 bits per heavy atom. The highest BCUT2D eigenvalue weighted by Gasteiger charge is 2.41. The number of carbonyl (C=O) groups is 2. The molecule has 24 heavy (non-hydrogen) atoms. The van der Waals surface area contributed by atoms with Gasteiger partial charge in [-0.1, -0.05) is 23.9 Å². The quantitative estimate of drug-likeness (QED) is 0.787. The molecule has 0 bridgehead atoms. The minimum atomic E-state index is -0.555. The number of thioether (sulfide) groups is 1. The molecule has 1 aromatic rings. The molecule has 7 heteroatoms. The number of nitrogens with zero attached hydrogens (tertiary/aromatic N) is 2. The van der Waals surface area contributed by atoms with Crippen LogP contribution in [0.15, 0.2) is 40.5 Å². The zero-order valence-electron chi connectivity index (χ0n) is 13.7. The fourth-order valence-corrected chi connectivity index (χ4v) is 3.90. The van der Waals surface area contributed by atoms with E-state index >= 15 is 0 Å². The molecule has 0 N–H and O–H groups in total. The van der Waals surface area contributed by atoms with Gasteiger partial charge in [-0.05, 0) is 24.6 Å². The van der Waals surface area contributed by atoms with Crippen LogP contribution >= 0.6 is 11.8 Å². The molecular formula is C17H18N2O4S. The van der Waals surface area contributed by atoms with E-state index in [2.05, 4.69) is 4.99 Å². The SMILES string of the molecule is COC(=O)C1=C(C)N=C2SCCC(=O)N2[C@H]1c1cccc(OC)c1. The molecule has 126 valence electrons. The number of aliphatic imine (C=N–C) groups is 1. The maximum atomic E-state index is 12.6. The number of methoxy groups -OCH3 is 2. The van der Waals surface area contributed by atoms with E-state index in [-0.39, 0.29) is 5.91 Å². The zero-order valence-corrected chi connectivity index (χ0v) is 14.6. The normalized spacial score (nSPS) is 20.5. The number of allylic oxidation sites excluding steroid dienone is 1. The average molecular weight is 346 g/mol. The van der Waals surface area contributed by atoms with Crippen molar-refractivity contribution in [3.8, 4) is 5.75 Å². The standard InChI is InChI=1S/C17H18N2O4S/c1-10-14(16(21)23-3)15(11-5-4-6-12(9-11)22-2)19-13(20)7-8-24-17(19)18-10/h4-6,9,15H,7-8H2,1-3H3/t15-/m0/s1. The predicted molar refractivity (Wildman–Crippen MR) is 91.8 cm³/mol. The van der Waals surface area contributed by atoms with Gasteiger partial charge in [0, 0.05) is 12.2 Å². The van der Waals surface area contributed by atoms with Crippen molar-refractivity contribution >= 4 is 28.8 Å². The number of amides is 1. The number of rotatable bonds is 3. The summed E-state index contributed by atoms with van der Waals surface area (Å²) in [5.41, 5.74) is 1.74. The van der Waals surface area contributed by atoms with Crippen LogP contribution in [0.5, 0.6) is 5.75 Å². The number of hydrogen-bond donors (Lipinski definition) is 0. The summed E-state index contributed by atoms with van der Waals surface area (Å²) in [7, 11) is 2.91. The number of carbonyl (C=O) groups excluding carboxylic acids is 2. The van der Waals surface area contributed by atoms with Crippen molar-refractivity contribution in [2.45, 2.75) is 19.4 Å². The molecule has 0 aliphatic carbocycles. The van der Waals surface area contributed by atoms with Gasteiger partial charge in [-0.2, -0.15) is 0 Å². The molecule has 1 aromatic carbocycles. The van der Waals surface area contributed by atoms with Crippen molar-refractivity contribution in [2.24, 2.45) is 4.99 Å². The molecule has 2 aliphatic heterocycles. The molecule has 0 aromatic heterocycles. The van der Waals surface area contributed by atoms with Crippen LogP contribution < -0.4 is 4.74 Å². The molecular weight excluding hydrogens is 328 g/mol. The molecule has 1 amide bonds. The van der Waals surface area contributed by atoms with Gasteiger partial charge < -0.3 is 9.47 Å². The van der Waals surface area contributed by atoms with E-state index < -0.39 is 12.0 Å². The lowest BCUT2D eigenvalue weighted by Gasteiger charge is -2.38. The highest BCUT2D eigenvalue weighted by atomic mass is 32.2. The fourth-order valence-electron chi connectivity index (χ4n) is 2.89. The first-order valence-electron chi connectivity index (χ1n) is 7.53. The largest absolute Gasteiger partial charge is 0.497 e. The van der Waals surface area contributed by atoms with Gasteiger partial charge in [0.2, 0.25) is 5.91 Å². The average Bonchev–Trinajstić information content (AvgIpc) is 2.60. The van der Waals surface area contributed by atoms with Crippen LogP contribution in [0.3, 0.4) is 0 Å². The van der Waals surface area contributed by atoms with Crippen LogP contribution in [0.2, 0.25) is 0 Å². The van der Waals surface area contributed by atoms with Crippen molar-refractivity contribution < 1.29 is 19.1 Å². The van der Waals surface area contributed by atoms with Gasteiger partial charge in [0.1, 0.15) is 5.75 Å². The molecule has 0 saturated carbocycles. The van der Waals surface area contributed by atoms with E-state index in [4.69, 9.17) is 9.47 Å². The van der Waals surface area contributed by atoms with E-state index in [0.717, 1.165) is 5.56 Å². The summed E-state index contributed by atoms with van der Waals surface area (Å²) in [5, 5.41) is 0.629. The van der Waals surface area contributed by atoms with E-state index in [1.807, 2.05) is 24.3 Å². The third-order valence-corrected chi connectivity index (χ3v) is 4.98. The van der Waals surface area contributed by atoms with Crippen molar-refractivity contribution in [3.05, 3.63) is 41.1 Å². The van der Waals surface area contributed by atoms with Gasteiger partial charge in [0.15, 0.2) is 5.17 Å². The van der Waals surface area contributed by atoms with Gasteiger partial charge in [0.05, 0.1) is 31.5 Å². The van der Waals surface area contributed by atoms with Gasteiger partial charge >= 0.3 is 5.97 Å². The predicted octanol–water partition coefficient (Wildman–Crippen LogP) is 2.52. The van der Waals surface area contributed by atoms with Crippen LogP contribution in [0.1, 0.15) is 24.9 Å². The van der Waals surface area contributed by atoms with Crippen molar-refractivity contribution in [1.29, 1.82) is 0 Å². The van der Waals surface area contributed by atoms with Crippen LogP contribution in [0.4, 0.5) is 0 Å². The topological polar surface area (TPSA) is 68.2 Å². The second-order valence-electron chi connectivity index (χ2n) is 5.43. The summed E-state index contributed by atoms with van der Waals surface area (Å²) >= 11 is 1.52. The third-order valence-electron chi connectivity index (χ3n) is 4.02. The van der Waals surface area contributed by atoms with E-state index in [9.17, 15) is 9.59 Å². The Morgan fingerprint density at radius 1 is 1.38 bits per heavy atom. The minimum Gasteiger partial charge on any atom is -0.497 e. The molecule has 3 rings (SSSR count). The van der Waals surface area contributed by atoms with Crippen molar-refractivity contribution in [2.75, 3.05) is 20.0 Å². The number of benzene rings is 1. The fraction of sp³-hybridized carbons (Fsp3) is 0.353. The highest BCUT2D eigenvalue weighted by Crippen LogP contribution is 2.40. The molecule has 0 radical (unpaired) electrons. The number of hydrogen-bond acceptors (Lipinski definition) is 6. The molecule has 2 heterocycles. The first kappa shape index (κ1) is 16.6. The number of ether oxygens (including phenoxy) is 2. The van der Waals surface area contributed by atoms with Crippen molar-refractivity contribution in [1.82, 2.24) is 4.90 Å². The Balaban J connectivity index is 2.18. The van der Waals surface area contributed by atoms with Crippen LogP contribution in [0.25, 0.3) is 0 Å². The van der Waals surface area contributed by atoms with E-state index in [0.29, 0.717) is 34.4 Å². The second kappa shape index (κ2) is 6.68. The Bertz CT molecular complexity index is 757. The molecule has 0 spiro atoms. The third kappa shape index (κ3) is 2.80. The molecule has 6 nitrogen and oxygen atoms in total. The summed E-state index contributed by atoms with van der Waals surface area (Å²) in [6.07, 6.45) is 0.414. The van der Waals surface area contributed by atoms with Gasteiger partial charge in [-0.15, -0.1) is 0 Å². The summed E-state index contributed by atoms with van der Waals surface area (Å²) in [6, 6.07) is 6.81. The molecule has 1 fully saturated rings. The van der Waals surface area contributed by atoms with Crippen LogP contribution in [-0.2, 0) is 14.3 Å². The summed E-state index contributed by atoms with van der Waals surface area (Å²) in [4.78, 5) is 31.0. The maximum absolute atomic E-state index is 12.6. The summed E-state index contributed by atoms with van der Waals surface area (Å²) in [5.74, 6) is 0.830. The summed E-state index contributed by atoms with van der Waals surface area (Å²) in [6.45, 7) is 1.77. The molecule has 2 aliphatic rings. The first-order valence-corrected chi connectivity index (χ1v) is 8.52. The lowest BCUT2D eigenvalue weighted by Crippen LogP contribution is -2.45. The Morgan fingerprint density at radius 2 is 2.17 bits per heavy atom. The Hall–Kier alpha value is -2.28. The van der Waals surface area contributed by atoms with Gasteiger partial charge in [-0.3, -0.25) is 9.69 Å². The number of fused-ring (bicyclic) bond motifs is 1. The van der Waals surface area contributed by atoms with E-state index in [1.54, 1.807) is 18.9 Å². The van der Waals surface area contributed by atoms with E-state index in [1.165, 1.54) is 18.9 Å². The highest BCUT2D eigenvalue weighted by molar-refractivity contribution is 8.14. The number of amidine groups is 1. The summed E-state index contributed by atoms with van der Waals surface area (Å²) < 4.78 is 10.2. The van der Waals surface area contributed by atoms with Gasteiger partial charge in [0.25, 0.3) is 0 Å². The number of esters is 1. The molecule has 0 unspecified atom stereocenters. The lowest BCUT2D eigenvalue weighted by molar-refractivity contribution is -0.137. The Labute approximate surface area is 144 Å². The molecule has 1 saturated heterocycles.